The molecule has 0 radical (unpaired) electrons. The Morgan fingerprint density at radius 2 is 2.20 bits per heavy atom. The quantitative estimate of drug-likeness (QED) is 0.603. The molecule has 0 bridgehead atoms. The number of ether oxygens (including phenoxy) is 1. The van der Waals surface area contributed by atoms with Crippen LogP contribution in [0, 0.1) is 11.8 Å². The zero-order chi connectivity index (χ0) is 14.2. The topological polar surface area (TPSA) is 27.1 Å². The number of aromatic nitrogens is 2. The summed E-state index contributed by atoms with van der Waals surface area (Å²) >= 11 is 6.14. The van der Waals surface area contributed by atoms with Gasteiger partial charge in [-0.25, -0.2) is 0 Å². The Morgan fingerprint density at radius 3 is 3.00 bits per heavy atom. The maximum Gasteiger partial charge on any atom is 0.107 e. The van der Waals surface area contributed by atoms with Gasteiger partial charge in [0.05, 0.1) is 19.3 Å². The molecule has 0 atom stereocenters. The lowest BCUT2D eigenvalue weighted by Crippen LogP contribution is -2.01. The van der Waals surface area contributed by atoms with Crippen molar-refractivity contribution in [3.05, 3.63) is 52.8 Å². The summed E-state index contributed by atoms with van der Waals surface area (Å²) in [7, 11) is 0. The van der Waals surface area contributed by atoms with E-state index in [4.69, 9.17) is 16.3 Å². The molecule has 1 aromatic carbocycles. The summed E-state index contributed by atoms with van der Waals surface area (Å²) < 4.78 is 7.28. The summed E-state index contributed by atoms with van der Waals surface area (Å²) in [6, 6.07) is 7.81. The molecular weight excluding hydrogens is 272 g/mol. The van der Waals surface area contributed by atoms with Crippen molar-refractivity contribution in [2.75, 3.05) is 13.2 Å². The number of hydrogen-bond acceptors (Lipinski definition) is 2. The van der Waals surface area contributed by atoms with Crippen LogP contribution in [-0.4, -0.2) is 23.0 Å². The number of halogens is 1. The average molecular weight is 289 g/mol. The maximum atomic E-state index is 6.14. The summed E-state index contributed by atoms with van der Waals surface area (Å²) in [6.45, 7) is 3.64. The van der Waals surface area contributed by atoms with E-state index in [9.17, 15) is 0 Å². The van der Waals surface area contributed by atoms with E-state index in [1.807, 2.05) is 48.3 Å². The molecule has 0 saturated carbocycles. The Kier molecular flexibility index (Phi) is 5.67. The van der Waals surface area contributed by atoms with Gasteiger partial charge in [-0.2, -0.15) is 5.10 Å². The predicted molar refractivity (Wildman–Crippen MR) is 80.8 cm³/mol. The van der Waals surface area contributed by atoms with Gasteiger partial charge in [-0.3, -0.25) is 4.68 Å². The van der Waals surface area contributed by atoms with Gasteiger partial charge >= 0.3 is 0 Å². The molecule has 2 rings (SSSR count). The van der Waals surface area contributed by atoms with Crippen molar-refractivity contribution >= 4 is 11.6 Å². The molecule has 3 nitrogen and oxygen atoms in total. The van der Waals surface area contributed by atoms with Crippen LogP contribution in [-0.2, 0) is 17.7 Å². The Balaban J connectivity index is 1.86. The lowest BCUT2D eigenvalue weighted by Gasteiger charge is -2.03. The fourth-order valence-corrected chi connectivity index (χ4v) is 2.00. The number of nitrogens with zero attached hydrogens (tertiary/aromatic N) is 2. The molecule has 20 heavy (non-hydrogen) atoms. The van der Waals surface area contributed by atoms with Gasteiger partial charge in [0.25, 0.3) is 0 Å². The molecule has 0 aliphatic carbocycles. The lowest BCUT2D eigenvalue weighted by molar-refractivity contribution is 0.170. The minimum Gasteiger partial charge on any atom is -0.368 e. The Hall–Kier alpha value is -1.76. The average Bonchev–Trinajstić information content (AvgIpc) is 2.89. The fourth-order valence-electron chi connectivity index (χ4n) is 1.81. The number of rotatable bonds is 6. The second-order valence-electron chi connectivity index (χ2n) is 4.37. The van der Waals surface area contributed by atoms with E-state index in [0.717, 1.165) is 22.6 Å². The normalized spacial score (nSPS) is 10.1. The molecule has 0 amide bonds. The highest BCUT2D eigenvalue weighted by atomic mass is 35.5. The van der Waals surface area contributed by atoms with Crippen molar-refractivity contribution in [2.24, 2.45) is 0 Å². The zero-order valence-corrected chi connectivity index (χ0v) is 12.2. The van der Waals surface area contributed by atoms with Gasteiger partial charge < -0.3 is 4.74 Å². The van der Waals surface area contributed by atoms with Crippen LogP contribution in [0.15, 0.2) is 36.7 Å². The van der Waals surface area contributed by atoms with Crippen LogP contribution in [0.25, 0.3) is 0 Å². The molecule has 0 N–H and O–H groups in total. The van der Waals surface area contributed by atoms with E-state index in [1.54, 1.807) is 0 Å². The Bertz CT molecular complexity index is 610. The Labute approximate surface area is 124 Å². The second kappa shape index (κ2) is 7.74. The number of benzene rings is 1. The van der Waals surface area contributed by atoms with Crippen molar-refractivity contribution in [3.63, 3.8) is 0 Å². The smallest absolute Gasteiger partial charge is 0.107 e. The van der Waals surface area contributed by atoms with E-state index in [1.165, 1.54) is 0 Å². The highest BCUT2D eigenvalue weighted by molar-refractivity contribution is 6.31. The van der Waals surface area contributed by atoms with E-state index < -0.39 is 0 Å². The molecule has 0 saturated heterocycles. The van der Waals surface area contributed by atoms with Crippen molar-refractivity contribution in [1.29, 1.82) is 0 Å². The second-order valence-corrected chi connectivity index (χ2v) is 4.77. The first-order valence-electron chi connectivity index (χ1n) is 6.51. The van der Waals surface area contributed by atoms with Crippen LogP contribution in [0.3, 0.4) is 0 Å². The largest absolute Gasteiger partial charge is 0.368 e. The maximum absolute atomic E-state index is 6.14. The molecule has 104 valence electrons. The lowest BCUT2D eigenvalue weighted by atomic mass is 10.2. The predicted octanol–water partition coefficient (Wildman–Crippen LogP) is 3.17. The highest BCUT2D eigenvalue weighted by Crippen LogP contribution is 2.16. The van der Waals surface area contributed by atoms with Gasteiger partial charge in [0.15, 0.2) is 0 Å². The molecule has 0 fully saturated rings. The summed E-state index contributed by atoms with van der Waals surface area (Å²) in [5.41, 5.74) is 2.22. The summed E-state index contributed by atoms with van der Waals surface area (Å²) in [4.78, 5) is 0. The van der Waals surface area contributed by atoms with Crippen molar-refractivity contribution in [3.8, 4) is 11.8 Å². The van der Waals surface area contributed by atoms with Crippen LogP contribution < -0.4 is 0 Å². The fraction of sp³-hybridized carbons (Fsp3) is 0.312. The molecule has 4 heteroatoms. The van der Waals surface area contributed by atoms with Gasteiger partial charge in [-0.1, -0.05) is 35.7 Å². The minimum absolute atomic E-state index is 0.490. The highest BCUT2D eigenvalue weighted by Gasteiger charge is 2.02. The molecule has 0 unspecified atom stereocenters. The van der Waals surface area contributed by atoms with Gasteiger partial charge in [0.2, 0.25) is 0 Å². The van der Waals surface area contributed by atoms with E-state index in [-0.39, 0.29) is 0 Å². The molecule has 0 aliphatic heterocycles. The van der Waals surface area contributed by atoms with Crippen molar-refractivity contribution < 1.29 is 4.74 Å². The van der Waals surface area contributed by atoms with Crippen LogP contribution >= 0.6 is 11.6 Å². The molecule has 0 aliphatic rings. The summed E-state index contributed by atoms with van der Waals surface area (Å²) in [5.74, 6) is 5.67. The summed E-state index contributed by atoms with van der Waals surface area (Å²) in [6.07, 6.45) is 4.73. The number of hydrogen-bond donors (Lipinski definition) is 0. The third kappa shape index (κ3) is 4.41. The molecular formula is C16H17ClN2O. The van der Waals surface area contributed by atoms with Gasteiger partial charge in [0.1, 0.15) is 6.61 Å². The standard InChI is InChI=1S/C16H17ClN2O/c1-2-3-9-20-10-8-14-11-18-19(12-14)13-15-6-4-5-7-16(15)17/h4-7,11-12H,8-10,13H2,1H3. The molecule has 0 spiro atoms. The van der Waals surface area contributed by atoms with Gasteiger partial charge in [-0.15, -0.1) is 5.92 Å². The monoisotopic (exact) mass is 288 g/mol. The molecule has 1 aromatic heterocycles. The van der Waals surface area contributed by atoms with Gasteiger partial charge in [0, 0.05) is 11.2 Å². The van der Waals surface area contributed by atoms with E-state index >= 15 is 0 Å². The van der Waals surface area contributed by atoms with Gasteiger partial charge in [-0.05, 0) is 30.5 Å². The first-order valence-corrected chi connectivity index (χ1v) is 6.89. The Morgan fingerprint density at radius 1 is 1.35 bits per heavy atom. The first-order chi connectivity index (χ1) is 9.79. The van der Waals surface area contributed by atoms with E-state index in [0.29, 0.717) is 19.8 Å². The SMILES string of the molecule is CC#CCOCCc1cnn(Cc2ccccc2Cl)c1. The van der Waals surface area contributed by atoms with Crippen molar-refractivity contribution in [2.45, 2.75) is 19.9 Å². The van der Waals surface area contributed by atoms with Crippen LogP contribution in [0.2, 0.25) is 5.02 Å². The minimum atomic E-state index is 0.490. The third-order valence-electron chi connectivity index (χ3n) is 2.86. The van der Waals surface area contributed by atoms with Crippen molar-refractivity contribution in [1.82, 2.24) is 9.78 Å². The summed E-state index contributed by atoms with van der Waals surface area (Å²) in [5, 5.41) is 5.11. The molecule has 2 aromatic rings. The first kappa shape index (κ1) is 14.6. The zero-order valence-electron chi connectivity index (χ0n) is 11.5. The molecule has 1 heterocycles. The van der Waals surface area contributed by atoms with E-state index in [2.05, 4.69) is 16.9 Å². The van der Waals surface area contributed by atoms with Crippen LogP contribution in [0.5, 0.6) is 0 Å². The third-order valence-corrected chi connectivity index (χ3v) is 3.23. The van der Waals surface area contributed by atoms with Crippen LogP contribution in [0.1, 0.15) is 18.1 Å². The van der Waals surface area contributed by atoms with Crippen LogP contribution in [0.4, 0.5) is 0 Å².